The lowest BCUT2D eigenvalue weighted by Crippen LogP contribution is -2.16. The highest BCUT2D eigenvalue weighted by Crippen LogP contribution is 2.36. The molecule has 1 unspecified atom stereocenters. The maximum absolute atomic E-state index is 8.86. The summed E-state index contributed by atoms with van der Waals surface area (Å²) in [4.78, 5) is 11.3. The summed E-state index contributed by atoms with van der Waals surface area (Å²) in [6.07, 6.45) is 6.86. The van der Waals surface area contributed by atoms with Gasteiger partial charge in [0.2, 0.25) is 5.88 Å². The number of halogens is 1. The van der Waals surface area contributed by atoms with Crippen LogP contribution in [0.5, 0.6) is 5.88 Å². The molecule has 0 aromatic carbocycles. The number of ether oxygens (including phenoxy) is 1. The second kappa shape index (κ2) is 5.99. The SMILES string of the molecule is CC=CC(C)(N=[N+]=[N-])c1cnc(OC)c2cnc(Cl)cc12. The topological polar surface area (TPSA) is 83.8 Å². The number of nitrogens with zero attached hydrogens (tertiary/aromatic N) is 5. The van der Waals surface area contributed by atoms with Crippen LogP contribution in [-0.2, 0) is 5.54 Å². The van der Waals surface area contributed by atoms with Gasteiger partial charge in [0.05, 0.1) is 18.0 Å². The van der Waals surface area contributed by atoms with Gasteiger partial charge in [-0.05, 0) is 36.4 Å². The molecule has 2 heterocycles. The minimum absolute atomic E-state index is 0.348. The molecule has 7 heteroatoms. The standard InChI is InChI=1S/C14H14ClN5O/c1-4-5-14(2,19-20-16)11-8-18-13(21-3)10-7-17-12(15)6-9(10)11/h4-8H,1-3H3. The fraction of sp³-hybridized carbons (Fsp3) is 0.286. The zero-order chi connectivity index (χ0) is 15.5. The zero-order valence-electron chi connectivity index (χ0n) is 11.9. The van der Waals surface area contributed by atoms with Gasteiger partial charge >= 0.3 is 0 Å². The maximum atomic E-state index is 8.86. The van der Waals surface area contributed by atoms with Crippen molar-refractivity contribution < 1.29 is 4.74 Å². The summed E-state index contributed by atoms with van der Waals surface area (Å²) in [6.45, 7) is 3.67. The van der Waals surface area contributed by atoms with E-state index in [-0.39, 0.29) is 0 Å². The van der Waals surface area contributed by atoms with Gasteiger partial charge in [0, 0.05) is 17.3 Å². The number of azide groups is 1. The Hall–Kier alpha value is -2.30. The van der Waals surface area contributed by atoms with E-state index in [9.17, 15) is 0 Å². The van der Waals surface area contributed by atoms with Crippen LogP contribution >= 0.6 is 11.6 Å². The van der Waals surface area contributed by atoms with Crippen molar-refractivity contribution in [3.63, 3.8) is 0 Å². The van der Waals surface area contributed by atoms with E-state index in [0.717, 1.165) is 10.9 Å². The van der Waals surface area contributed by atoms with Gasteiger partial charge < -0.3 is 4.74 Å². The molecule has 0 saturated carbocycles. The highest BCUT2D eigenvalue weighted by atomic mass is 35.5. The Kier molecular flexibility index (Phi) is 4.31. The fourth-order valence-corrected chi connectivity index (χ4v) is 2.40. The highest BCUT2D eigenvalue weighted by molar-refractivity contribution is 6.30. The molecule has 108 valence electrons. The number of hydrogen-bond acceptors (Lipinski definition) is 4. The molecule has 0 amide bonds. The summed E-state index contributed by atoms with van der Waals surface area (Å²) in [5.74, 6) is 0.446. The molecule has 0 N–H and O–H groups in total. The van der Waals surface area contributed by atoms with Crippen molar-refractivity contribution in [1.82, 2.24) is 9.97 Å². The maximum Gasteiger partial charge on any atom is 0.222 e. The number of rotatable bonds is 4. The minimum Gasteiger partial charge on any atom is -0.481 e. The van der Waals surface area contributed by atoms with E-state index in [2.05, 4.69) is 20.0 Å². The Labute approximate surface area is 127 Å². The van der Waals surface area contributed by atoms with Crippen LogP contribution in [0.3, 0.4) is 0 Å². The molecule has 0 aliphatic carbocycles. The van der Waals surface area contributed by atoms with Crippen molar-refractivity contribution in [2.45, 2.75) is 19.4 Å². The van der Waals surface area contributed by atoms with Crippen LogP contribution < -0.4 is 4.74 Å². The number of methoxy groups -OCH3 is 1. The number of aromatic nitrogens is 2. The van der Waals surface area contributed by atoms with Crippen molar-refractivity contribution in [2.75, 3.05) is 7.11 Å². The summed E-state index contributed by atoms with van der Waals surface area (Å²) in [5, 5.41) is 5.75. The molecule has 2 aromatic rings. The third kappa shape index (κ3) is 2.77. The second-order valence-corrected chi connectivity index (χ2v) is 4.96. The number of allylic oxidation sites excluding steroid dienone is 1. The Balaban J connectivity index is 2.86. The number of pyridine rings is 2. The third-order valence-electron chi connectivity index (χ3n) is 3.18. The highest BCUT2D eigenvalue weighted by Gasteiger charge is 2.26. The molecule has 0 bridgehead atoms. The Bertz CT molecular complexity index is 754. The summed E-state index contributed by atoms with van der Waals surface area (Å²) in [6, 6.07) is 1.71. The number of hydrogen-bond donors (Lipinski definition) is 0. The predicted octanol–water partition coefficient (Wildman–Crippen LogP) is 4.39. The smallest absolute Gasteiger partial charge is 0.222 e. The van der Waals surface area contributed by atoms with Crippen molar-refractivity contribution >= 4 is 22.4 Å². The first-order valence-corrected chi connectivity index (χ1v) is 6.62. The van der Waals surface area contributed by atoms with Gasteiger partial charge in [-0.2, -0.15) is 0 Å². The van der Waals surface area contributed by atoms with Gasteiger partial charge in [-0.15, -0.1) is 0 Å². The summed E-state index contributed by atoms with van der Waals surface area (Å²) in [5.41, 5.74) is 8.72. The number of fused-ring (bicyclic) bond motifs is 1. The third-order valence-corrected chi connectivity index (χ3v) is 3.39. The van der Waals surface area contributed by atoms with Crippen LogP contribution in [0.4, 0.5) is 0 Å². The first-order valence-electron chi connectivity index (χ1n) is 6.24. The zero-order valence-corrected chi connectivity index (χ0v) is 12.7. The van der Waals surface area contributed by atoms with Crippen molar-refractivity contribution in [3.05, 3.63) is 51.8 Å². The van der Waals surface area contributed by atoms with Crippen molar-refractivity contribution in [2.24, 2.45) is 5.11 Å². The molecule has 0 aliphatic heterocycles. The van der Waals surface area contributed by atoms with Crippen LogP contribution in [0, 0.1) is 0 Å². The van der Waals surface area contributed by atoms with Gasteiger partial charge in [0.25, 0.3) is 0 Å². The molecule has 0 saturated heterocycles. The molecule has 21 heavy (non-hydrogen) atoms. The lowest BCUT2D eigenvalue weighted by Gasteiger charge is -2.22. The van der Waals surface area contributed by atoms with Crippen molar-refractivity contribution in [1.29, 1.82) is 0 Å². The average Bonchev–Trinajstić information content (AvgIpc) is 2.46. The van der Waals surface area contributed by atoms with Gasteiger partial charge in [0.15, 0.2) is 0 Å². The normalized spacial score (nSPS) is 13.9. The molecular weight excluding hydrogens is 290 g/mol. The predicted molar refractivity (Wildman–Crippen MR) is 82.4 cm³/mol. The van der Waals surface area contributed by atoms with Crippen molar-refractivity contribution in [3.8, 4) is 5.88 Å². The van der Waals surface area contributed by atoms with Gasteiger partial charge in [-0.25, -0.2) is 9.97 Å². The monoisotopic (exact) mass is 303 g/mol. The molecule has 6 nitrogen and oxygen atoms in total. The Morgan fingerprint density at radius 2 is 2.14 bits per heavy atom. The first-order chi connectivity index (χ1) is 10.1. The second-order valence-electron chi connectivity index (χ2n) is 4.57. The van der Waals surface area contributed by atoms with Crippen LogP contribution in [0.1, 0.15) is 19.4 Å². The first kappa shape index (κ1) is 15.1. The molecule has 2 aromatic heterocycles. The van der Waals surface area contributed by atoms with E-state index in [1.807, 2.05) is 26.0 Å². The quantitative estimate of drug-likeness (QED) is 0.276. The van der Waals surface area contributed by atoms with Gasteiger partial charge in [-0.1, -0.05) is 28.9 Å². The molecule has 0 spiro atoms. The fourth-order valence-electron chi connectivity index (χ4n) is 2.25. The average molecular weight is 304 g/mol. The van der Waals surface area contributed by atoms with E-state index in [1.165, 1.54) is 7.11 Å². The van der Waals surface area contributed by atoms with E-state index in [4.69, 9.17) is 21.9 Å². The van der Waals surface area contributed by atoms with Gasteiger partial charge in [0.1, 0.15) is 5.15 Å². The van der Waals surface area contributed by atoms with E-state index in [0.29, 0.717) is 16.4 Å². The molecule has 0 aliphatic rings. The Morgan fingerprint density at radius 1 is 1.38 bits per heavy atom. The molecule has 0 radical (unpaired) electrons. The van der Waals surface area contributed by atoms with Crippen LogP contribution in [0.25, 0.3) is 21.2 Å². The molecule has 2 rings (SSSR count). The van der Waals surface area contributed by atoms with E-state index < -0.39 is 5.54 Å². The van der Waals surface area contributed by atoms with Gasteiger partial charge in [-0.3, -0.25) is 0 Å². The van der Waals surface area contributed by atoms with Crippen LogP contribution in [0.15, 0.2) is 35.7 Å². The van der Waals surface area contributed by atoms with Crippen LogP contribution in [-0.4, -0.2) is 17.1 Å². The minimum atomic E-state index is -0.869. The summed E-state index contributed by atoms with van der Waals surface area (Å²) in [7, 11) is 1.54. The molecular formula is C14H14ClN5O. The lowest BCUT2D eigenvalue weighted by molar-refractivity contribution is 0.402. The van der Waals surface area contributed by atoms with Crippen LogP contribution in [0.2, 0.25) is 5.15 Å². The summed E-state index contributed by atoms with van der Waals surface area (Å²) >= 11 is 6.00. The largest absolute Gasteiger partial charge is 0.481 e. The summed E-state index contributed by atoms with van der Waals surface area (Å²) < 4.78 is 5.24. The Morgan fingerprint density at radius 3 is 2.76 bits per heavy atom. The molecule has 1 atom stereocenters. The lowest BCUT2D eigenvalue weighted by atomic mass is 9.90. The molecule has 0 fully saturated rings. The van der Waals surface area contributed by atoms with E-state index in [1.54, 1.807) is 18.5 Å². The van der Waals surface area contributed by atoms with E-state index >= 15 is 0 Å².